The van der Waals surface area contributed by atoms with E-state index in [2.05, 4.69) is 4.98 Å². The Balaban J connectivity index is 2.58. The number of nitriles is 1. The molecule has 0 radical (unpaired) electrons. The van der Waals surface area contributed by atoms with Gasteiger partial charge in [0.2, 0.25) is 0 Å². The average molecular weight is 212 g/mol. The van der Waals surface area contributed by atoms with E-state index in [1.807, 2.05) is 19.1 Å². The summed E-state index contributed by atoms with van der Waals surface area (Å²) >= 11 is 0. The molecule has 0 aliphatic carbocycles. The summed E-state index contributed by atoms with van der Waals surface area (Å²) in [6.07, 6.45) is 1.67. The van der Waals surface area contributed by atoms with Crippen molar-refractivity contribution in [3.05, 3.63) is 53.6 Å². The lowest BCUT2D eigenvalue weighted by Gasteiger charge is -2.06. The second-order valence-electron chi connectivity index (χ2n) is 3.44. The maximum atomic E-state index is 13.7. The van der Waals surface area contributed by atoms with Gasteiger partial charge < -0.3 is 0 Å². The number of halogens is 1. The number of pyridine rings is 1. The predicted molar refractivity (Wildman–Crippen MR) is 59.1 cm³/mol. The van der Waals surface area contributed by atoms with Gasteiger partial charge in [-0.05, 0) is 25.1 Å². The third-order valence-corrected chi connectivity index (χ3v) is 2.40. The third-order valence-electron chi connectivity index (χ3n) is 2.40. The lowest BCUT2D eigenvalue weighted by atomic mass is 10.0. The van der Waals surface area contributed by atoms with Crippen LogP contribution in [-0.4, -0.2) is 4.98 Å². The highest BCUT2D eigenvalue weighted by atomic mass is 19.1. The lowest BCUT2D eigenvalue weighted by Crippen LogP contribution is -1.90. The summed E-state index contributed by atoms with van der Waals surface area (Å²) in [6.45, 7) is 1.83. The molecule has 0 saturated heterocycles. The average Bonchev–Trinajstić information content (AvgIpc) is 2.30. The van der Waals surface area contributed by atoms with Crippen molar-refractivity contribution in [2.45, 2.75) is 6.92 Å². The van der Waals surface area contributed by atoms with Gasteiger partial charge in [-0.3, -0.25) is 4.98 Å². The van der Waals surface area contributed by atoms with Crippen LogP contribution in [-0.2, 0) is 0 Å². The summed E-state index contributed by atoms with van der Waals surface area (Å²) in [5.74, 6) is -0.393. The minimum absolute atomic E-state index is 0.322. The molecule has 0 bridgehead atoms. The first kappa shape index (κ1) is 10.3. The molecule has 0 spiro atoms. The van der Waals surface area contributed by atoms with Gasteiger partial charge in [-0.15, -0.1) is 0 Å². The number of aromatic nitrogens is 1. The first-order valence-corrected chi connectivity index (χ1v) is 4.84. The number of hydrogen-bond donors (Lipinski definition) is 0. The van der Waals surface area contributed by atoms with Crippen LogP contribution in [0.2, 0.25) is 0 Å². The standard InChI is InChI=1S/C13H9FN2/c1-9-11(3-2-6-16-9)12-5-4-10(8-15)7-13(12)14/h2-7H,1H3. The lowest BCUT2D eigenvalue weighted by molar-refractivity contribution is 0.630. The topological polar surface area (TPSA) is 36.7 Å². The Morgan fingerprint density at radius 1 is 1.25 bits per heavy atom. The molecule has 78 valence electrons. The van der Waals surface area contributed by atoms with E-state index >= 15 is 0 Å². The first-order chi connectivity index (χ1) is 7.72. The maximum absolute atomic E-state index is 13.7. The van der Waals surface area contributed by atoms with Gasteiger partial charge in [-0.25, -0.2) is 4.39 Å². The van der Waals surface area contributed by atoms with Crippen LogP contribution in [0.3, 0.4) is 0 Å². The van der Waals surface area contributed by atoms with Crippen LogP contribution < -0.4 is 0 Å². The molecule has 2 nitrogen and oxygen atoms in total. The zero-order valence-corrected chi connectivity index (χ0v) is 8.74. The van der Waals surface area contributed by atoms with Crippen LogP contribution in [0.5, 0.6) is 0 Å². The van der Waals surface area contributed by atoms with Crippen LogP contribution in [0.15, 0.2) is 36.5 Å². The van der Waals surface area contributed by atoms with Crippen molar-refractivity contribution >= 4 is 0 Å². The quantitative estimate of drug-likeness (QED) is 0.728. The zero-order chi connectivity index (χ0) is 11.5. The Bertz CT molecular complexity index is 570. The van der Waals surface area contributed by atoms with E-state index in [-0.39, 0.29) is 0 Å². The maximum Gasteiger partial charge on any atom is 0.132 e. The number of benzene rings is 1. The molecule has 1 aromatic carbocycles. The molecule has 0 unspecified atom stereocenters. The van der Waals surface area contributed by atoms with E-state index in [0.29, 0.717) is 11.1 Å². The molecule has 0 fully saturated rings. The smallest absolute Gasteiger partial charge is 0.132 e. The summed E-state index contributed by atoms with van der Waals surface area (Å²) in [5, 5.41) is 8.65. The fraction of sp³-hybridized carbons (Fsp3) is 0.0769. The molecule has 2 rings (SSSR count). The fourth-order valence-corrected chi connectivity index (χ4v) is 1.57. The highest BCUT2D eigenvalue weighted by Gasteiger charge is 2.08. The summed E-state index contributed by atoms with van der Waals surface area (Å²) in [6, 6.07) is 9.93. The Labute approximate surface area is 93.0 Å². The molecule has 0 amide bonds. The van der Waals surface area contributed by atoms with Gasteiger partial charge in [0, 0.05) is 23.0 Å². The zero-order valence-electron chi connectivity index (χ0n) is 8.74. The van der Waals surface area contributed by atoms with Crippen LogP contribution in [0.4, 0.5) is 4.39 Å². The van der Waals surface area contributed by atoms with Gasteiger partial charge in [0.25, 0.3) is 0 Å². The molecule has 1 aromatic heterocycles. The molecule has 0 atom stereocenters. The van der Waals surface area contributed by atoms with Crippen molar-refractivity contribution in [2.24, 2.45) is 0 Å². The van der Waals surface area contributed by atoms with E-state index in [0.717, 1.165) is 11.3 Å². The number of hydrogen-bond acceptors (Lipinski definition) is 2. The molecule has 0 aliphatic rings. The molecule has 1 heterocycles. The van der Waals surface area contributed by atoms with E-state index in [1.165, 1.54) is 6.07 Å². The number of nitrogens with zero attached hydrogens (tertiary/aromatic N) is 2. The van der Waals surface area contributed by atoms with Gasteiger partial charge >= 0.3 is 0 Å². The molecule has 0 aliphatic heterocycles. The molecular formula is C13H9FN2. The van der Waals surface area contributed by atoms with Crippen molar-refractivity contribution in [3.8, 4) is 17.2 Å². The van der Waals surface area contributed by atoms with Crippen LogP contribution in [0.1, 0.15) is 11.3 Å². The Morgan fingerprint density at radius 2 is 2.06 bits per heavy atom. The minimum Gasteiger partial charge on any atom is -0.261 e. The fourth-order valence-electron chi connectivity index (χ4n) is 1.57. The second kappa shape index (κ2) is 4.11. The number of aryl methyl sites for hydroxylation is 1. The highest BCUT2D eigenvalue weighted by Crippen LogP contribution is 2.25. The van der Waals surface area contributed by atoms with Crippen LogP contribution in [0, 0.1) is 24.1 Å². The Hall–Kier alpha value is -2.21. The summed E-state index contributed by atoms with van der Waals surface area (Å²) in [4.78, 5) is 4.11. The Kier molecular flexibility index (Phi) is 2.65. The van der Waals surface area contributed by atoms with Gasteiger partial charge in [0.15, 0.2) is 0 Å². The van der Waals surface area contributed by atoms with E-state index in [4.69, 9.17) is 5.26 Å². The molecule has 0 saturated carbocycles. The van der Waals surface area contributed by atoms with Gasteiger partial charge in [0.05, 0.1) is 11.6 Å². The molecule has 2 aromatic rings. The molecular weight excluding hydrogens is 203 g/mol. The van der Waals surface area contributed by atoms with Gasteiger partial charge in [-0.2, -0.15) is 5.26 Å². The van der Waals surface area contributed by atoms with Crippen molar-refractivity contribution < 1.29 is 4.39 Å². The monoisotopic (exact) mass is 212 g/mol. The highest BCUT2D eigenvalue weighted by molar-refractivity contribution is 5.66. The summed E-state index contributed by atoms with van der Waals surface area (Å²) in [5.41, 5.74) is 2.32. The second-order valence-corrected chi connectivity index (χ2v) is 3.44. The number of rotatable bonds is 1. The Morgan fingerprint density at radius 3 is 2.69 bits per heavy atom. The third kappa shape index (κ3) is 1.78. The SMILES string of the molecule is Cc1ncccc1-c1ccc(C#N)cc1F. The molecule has 16 heavy (non-hydrogen) atoms. The largest absolute Gasteiger partial charge is 0.261 e. The normalized spacial score (nSPS) is 9.81. The van der Waals surface area contributed by atoms with Crippen LogP contribution >= 0.6 is 0 Å². The summed E-state index contributed by atoms with van der Waals surface area (Å²) in [7, 11) is 0. The predicted octanol–water partition coefficient (Wildman–Crippen LogP) is 3.07. The van der Waals surface area contributed by atoms with Gasteiger partial charge in [-0.1, -0.05) is 12.1 Å². The minimum atomic E-state index is -0.393. The van der Waals surface area contributed by atoms with Crippen LogP contribution in [0.25, 0.3) is 11.1 Å². The molecule has 3 heteroatoms. The van der Waals surface area contributed by atoms with E-state index in [1.54, 1.807) is 24.4 Å². The van der Waals surface area contributed by atoms with Crippen molar-refractivity contribution in [1.82, 2.24) is 4.98 Å². The van der Waals surface area contributed by atoms with E-state index < -0.39 is 5.82 Å². The van der Waals surface area contributed by atoms with Gasteiger partial charge in [0.1, 0.15) is 5.82 Å². The summed E-state index contributed by atoms with van der Waals surface area (Å²) < 4.78 is 13.7. The van der Waals surface area contributed by atoms with Crippen molar-refractivity contribution in [2.75, 3.05) is 0 Å². The van der Waals surface area contributed by atoms with Crippen molar-refractivity contribution in [1.29, 1.82) is 5.26 Å². The first-order valence-electron chi connectivity index (χ1n) is 4.84. The van der Waals surface area contributed by atoms with E-state index in [9.17, 15) is 4.39 Å². The molecule has 0 N–H and O–H groups in total. The van der Waals surface area contributed by atoms with Crippen molar-refractivity contribution in [3.63, 3.8) is 0 Å².